The number of ether oxygens (including phenoxy) is 1. The fourth-order valence-corrected chi connectivity index (χ4v) is 2.47. The Hall–Kier alpha value is -2.55. The van der Waals surface area contributed by atoms with E-state index in [-0.39, 0.29) is 11.5 Å². The number of methoxy groups -OCH3 is 1. The van der Waals surface area contributed by atoms with Gasteiger partial charge in [-0.1, -0.05) is 58.0 Å². The minimum atomic E-state index is -0.223. The first-order valence-corrected chi connectivity index (χ1v) is 8.59. The molecule has 0 fully saturated rings. The molecular formula is C22H26O3. The van der Waals surface area contributed by atoms with Gasteiger partial charge in [0, 0.05) is 10.9 Å². The molecule has 1 aromatic heterocycles. The van der Waals surface area contributed by atoms with Gasteiger partial charge in [-0.25, -0.2) is 4.79 Å². The summed E-state index contributed by atoms with van der Waals surface area (Å²) in [6.07, 6.45) is 0. The lowest BCUT2D eigenvalue weighted by atomic mass is 10.0. The topological polar surface area (TPSA) is 39.4 Å². The Morgan fingerprint density at radius 1 is 0.880 bits per heavy atom. The van der Waals surface area contributed by atoms with Gasteiger partial charge in [0.05, 0.1) is 7.11 Å². The van der Waals surface area contributed by atoms with Gasteiger partial charge in [-0.15, -0.1) is 0 Å². The number of para-hydroxylation sites is 1. The zero-order chi connectivity index (χ0) is 18.4. The quantitative estimate of drug-likeness (QED) is 0.572. The largest absolute Gasteiger partial charge is 0.497 e. The molecule has 0 aliphatic heterocycles. The standard InChI is InChI=1S/C12H12O2.C10H14O/c1-8(2)10-7-9-5-3-4-6-11(9)14-12(10)13;1-8(2)9-4-6-10(11-3)7-5-9/h3-8H,1-2H3;4-8H,1-3H3. The molecule has 0 bridgehead atoms. The van der Waals surface area contributed by atoms with E-state index in [9.17, 15) is 4.79 Å². The number of rotatable bonds is 3. The van der Waals surface area contributed by atoms with Crippen LogP contribution in [0.4, 0.5) is 0 Å². The maximum absolute atomic E-state index is 11.5. The predicted octanol–water partition coefficient (Wildman–Crippen LogP) is 5.74. The molecule has 3 rings (SSSR count). The Labute approximate surface area is 149 Å². The van der Waals surface area contributed by atoms with Gasteiger partial charge in [-0.2, -0.15) is 0 Å². The second-order valence-corrected chi connectivity index (χ2v) is 6.61. The molecule has 0 unspecified atom stereocenters. The van der Waals surface area contributed by atoms with Crippen LogP contribution in [0.15, 0.2) is 63.8 Å². The van der Waals surface area contributed by atoms with E-state index in [1.54, 1.807) is 13.2 Å². The van der Waals surface area contributed by atoms with Gasteiger partial charge >= 0.3 is 5.63 Å². The van der Waals surface area contributed by atoms with Crippen molar-refractivity contribution in [2.75, 3.05) is 7.11 Å². The summed E-state index contributed by atoms with van der Waals surface area (Å²) in [5, 5.41) is 0.982. The summed E-state index contributed by atoms with van der Waals surface area (Å²) >= 11 is 0. The summed E-state index contributed by atoms with van der Waals surface area (Å²) in [6.45, 7) is 8.34. The van der Waals surface area contributed by atoms with Crippen LogP contribution >= 0.6 is 0 Å². The molecule has 0 spiro atoms. The maximum atomic E-state index is 11.5. The van der Waals surface area contributed by atoms with Crippen molar-refractivity contribution in [3.63, 3.8) is 0 Å². The van der Waals surface area contributed by atoms with Crippen molar-refractivity contribution in [2.45, 2.75) is 39.5 Å². The van der Waals surface area contributed by atoms with Gasteiger partial charge in [-0.05, 0) is 41.7 Å². The van der Waals surface area contributed by atoms with E-state index in [1.807, 2.05) is 50.2 Å². The van der Waals surface area contributed by atoms with E-state index in [2.05, 4.69) is 26.0 Å². The first kappa shape index (κ1) is 18.8. The monoisotopic (exact) mass is 338 g/mol. The van der Waals surface area contributed by atoms with Gasteiger partial charge in [0.25, 0.3) is 0 Å². The molecule has 2 aromatic carbocycles. The smallest absolute Gasteiger partial charge is 0.339 e. The molecule has 0 saturated heterocycles. The number of hydrogen-bond donors (Lipinski definition) is 0. The molecule has 3 aromatic rings. The van der Waals surface area contributed by atoms with Crippen LogP contribution in [0.3, 0.4) is 0 Å². The zero-order valence-electron chi connectivity index (χ0n) is 15.6. The minimum Gasteiger partial charge on any atom is -0.497 e. The molecule has 0 N–H and O–H groups in total. The van der Waals surface area contributed by atoms with E-state index in [1.165, 1.54) is 5.56 Å². The highest BCUT2D eigenvalue weighted by molar-refractivity contribution is 5.76. The normalized spacial score (nSPS) is 10.7. The number of benzene rings is 2. The summed E-state index contributed by atoms with van der Waals surface area (Å²) in [7, 11) is 1.68. The highest BCUT2D eigenvalue weighted by Crippen LogP contribution is 2.18. The summed E-state index contributed by atoms with van der Waals surface area (Å²) < 4.78 is 10.2. The second-order valence-electron chi connectivity index (χ2n) is 6.61. The van der Waals surface area contributed by atoms with Crippen LogP contribution in [0, 0.1) is 0 Å². The van der Waals surface area contributed by atoms with Crippen molar-refractivity contribution in [1.29, 1.82) is 0 Å². The Morgan fingerprint density at radius 3 is 2.08 bits per heavy atom. The summed E-state index contributed by atoms with van der Waals surface area (Å²) in [4.78, 5) is 11.5. The molecule has 0 atom stereocenters. The van der Waals surface area contributed by atoms with Crippen LogP contribution in [0.25, 0.3) is 11.0 Å². The molecule has 3 nitrogen and oxygen atoms in total. The predicted molar refractivity (Wildman–Crippen MR) is 104 cm³/mol. The average molecular weight is 338 g/mol. The average Bonchev–Trinajstić information content (AvgIpc) is 2.61. The Morgan fingerprint density at radius 2 is 1.52 bits per heavy atom. The molecule has 132 valence electrons. The van der Waals surface area contributed by atoms with Gasteiger partial charge in [0.1, 0.15) is 11.3 Å². The lowest BCUT2D eigenvalue weighted by molar-refractivity contribution is 0.414. The first-order chi connectivity index (χ1) is 11.9. The van der Waals surface area contributed by atoms with E-state index in [4.69, 9.17) is 9.15 Å². The van der Waals surface area contributed by atoms with Crippen LogP contribution in [0.2, 0.25) is 0 Å². The SMILES string of the molecule is CC(C)c1cc2ccccc2oc1=O.COc1ccc(C(C)C)cc1. The van der Waals surface area contributed by atoms with Crippen molar-refractivity contribution >= 4 is 11.0 Å². The highest BCUT2D eigenvalue weighted by atomic mass is 16.5. The third kappa shape index (κ3) is 4.96. The van der Waals surface area contributed by atoms with Gasteiger partial charge in [-0.3, -0.25) is 0 Å². The summed E-state index contributed by atoms with van der Waals surface area (Å²) in [5.41, 5.74) is 2.52. The molecule has 0 amide bonds. The first-order valence-electron chi connectivity index (χ1n) is 8.59. The lowest BCUT2D eigenvalue weighted by Crippen LogP contribution is -2.08. The Kier molecular flexibility index (Phi) is 6.40. The van der Waals surface area contributed by atoms with E-state index in [0.717, 1.165) is 16.7 Å². The van der Waals surface area contributed by atoms with E-state index >= 15 is 0 Å². The molecule has 1 heterocycles. The lowest BCUT2D eigenvalue weighted by Gasteiger charge is -2.05. The molecule has 0 radical (unpaired) electrons. The third-order valence-corrected chi connectivity index (χ3v) is 4.07. The minimum absolute atomic E-state index is 0.204. The van der Waals surface area contributed by atoms with Crippen molar-refractivity contribution in [1.82, 2.24) is 0 Å². The molecular weight excluding hydrogens is 312 g/mol. The molecule has 0 saturated carbocycles. The van der Waals surface area contributed by atoms with Crippen LogP contribution in [0.5, 0.6) is 5.75 Å². The Bertz CT molecular complexity index is 858. The fraction of sp³-hybridized carbons (Fsp3) is 0.318. The zero-order valence-corrected chi connectivity index (χ0v) is 15.6. The van der Waals surface area contributed by atoms with Crippen molar-refractivity contribution in [3.8, 4) is 5.75 Å². The molecule has 25 heavy (non-hydrogen) atoms. The van der Waals surface area contributed by atoms with Crippen LogP contribution < -0.4 is 10.4 Å². The maximum Gasteiger partial charge on any atom is 0.339 e. The molecule has 3 heteroatoms. The van der Waals surface area contributed by atoms with Crippen LogP contribution in [-0.4, -0.2) is 7.11 Å². The van der Waals surface area contributed by atoms with Crippen molar-refractivity contribution < 1.29 is 9.15 Å². The van der Waals surface area contributed by atoms with E-state index < -0.39 is 0 Å². The Balaban J connectivity index is 0.000000186. The van der Waals surface area contributed by atoms with Crippen LogP contribution in [-0.2, 0) is 0 Å². The summed E-state index contributed by atoms with van der Waals surface area (Å²) in [5.74, 6) is 1.73. The van der Waals surface area contributed by atoms with Gasteiger partial charge in [0.2, 0.25) is 0 Å². The van der Waals surface area contributed by atoms with Gasteiger partial charge < -0.3 is 9.15 Å². The molecule has 0 aliphatic rings. The third-order valence-electron chi connectivity index (χ3n) is 4.07. The summed E-state index contributed by atoms with van der Waals surface area (Å²) in [6, 6.07) is 17.7. The van der Waals surface area contributed by atoms with Crippen molar-refractivity contribution in [3.05, 3.63) is 76.1 Å². The van der Waals surface area contributed by atoms with E-state index in [0.29, 0.717) is 11.5 Å². The second kappa shape index (κ2) is 8.52. The highest BCUT2D eigenvalue weighted by Gasteiger charge is 2.07. The van der Waals surface area contributed by atoms with Crippen LogP contribution in [0.1, 0.15) is 50.7 Å². The number of fused-ring (bicyclic) bond motifs is 1. The fourth-order valence-electron chi connectivity index (χ4n) is 2.47. The van der Waals surface area contributed by atoms with Crippen molar-refractivity contribution in [2.24, 2.45) is 0 Å². The van der Waals surface area contributed by atoms with Gasteiger partial charge in [0.15, 0.2) is 0 Å². The number of hydrogen-bond acceptors (Lipinski definition) is 3. The molecule has 0 aliphatic carbocycles.